The molecular formula is C24H28FN3O2. The van der Waals surface area contributed by atoms with Gasteiger partial charge in [-0.1, -0.05) is 18.2 Å². The predicted octanol–water partition coefficient (Wildman–Crippen LogP) is 3.97. The molecule has 0 spiro atoms. The molecule has 1 aliphatic rings. The molecule has 3 aromatic rings. The van der Waals surface area contributed by atoms with E-state index in [1.807, 2.05) is 23.6 Å². The second-order valence-corrected chi connectivity index (χ2v) is 8.32. The Hall–Kier alpha value is -2.73. The number of imidazole rings is 1. The Morgan fingerprint density at radius 1 is 1.17 bits per heavy atom. The van der Waals surface area contributed by atoms with Gasteiger partial charge in [-0.3, -0.25) is 4.79 Å². The van der Waals surface area contributed by atoms with Gasteiger partial charge in [-0.15, -0.1) is 0 Å². The van der Waals surface area contributed by atoms with Crippen molar-refractivity contribution >= 4 is 16.9 Å². The number of carbonyl (C=O) groups is 1. The van der Waals surface area contributed by atoms with Crippen LogP contribution in [0.1, 0.15) is 35.4 Å². The SMILES string of the molecule is Cc1cc2nc(C)n(CC(=O)NCC3(c4ccccc4F)CCOCC3)c2cc1C. The molecule has 1 fully saturated rings. The first kappa shape index (κ1) is 20.5. The first-order valence-electron chi connectivity index (χ1n) is 10.4. The number of rotatable bonds is 5. The summed E-state index contributed by atoms with van der Waals surface area (Å²) in [6, 6.07) is 11.0. The fourth-order valence-corrected chi connectivity index (χ4v) is 4.36. The lowest BCUT2D eigenvalue weighted by Gasteiger charge is -2.38. The number of aryl methyl sites for hydroxylation is 3. The highest BCUT2D eigenvalue weighted by atomic mass is 19.1. The second-order valence-electron chi connectivity index (χ2n) is 8.32. The van der Waals surface area contributed by atoms with Crippen LogP contribution in [0, 0.1) is 26.6 Å². The number of halogens is 1. The van der Waals surface area contributed by atoms with Crippen molar-refractivity contribution in [3.63, 3.8) is 0 Å². The fourth-order valence-electron chi connectivity index (χ4n) is 4.36. The van der Waals surface area contributed by atoms with Gasteiger partial charge in [0.15, 0.2) is 0 Å². The minimum atomic E-state index is -0.445. The zero-order chi connectivity index (χ0) is 21.3. The summed E-state index contributed by atoms with van der Waals surface area (Å²) in [5.41, 5.74) is 4.42. The van der Waals surface area contributed by atoms with Gasteiger partial charge in [-0.05, 0) is 68.5 Å². The number of fused-ring (bicyclic) bond motifs is 1. The predicted molar refractivity (Wildman–Crippen MR) is 115 cm³/mol. The molecule has 1 saturated heterocycles. The molecule has 0 radical (unpaired) electrons. The number of aromatic nitrogens is 2. The second kappa shape index (κ2) is 8.19. The van der Waals surface area contributed by atoms with Gasteiger partial charge in [0.05, 0.1) is 11.0 Å². The molecule has 1 aliphatic heterocycles. The molecule has 0 aliphatic carbocycles. The lowest BCUT2D eigenvalue weighted by molar-refractivity contribution is -0.122. The Kier molecular flexibility index (Phi) is 5.60. The summed E-state index contributed by atoms with van der Waals surface area (Å²) in [4.78, 5) is 17.5. The van der Waals surface area contributed by atoms with Crippen molar-refractivity contribution in [2.24, 2.45) is 0 Å². The van der Waals surface area contributed by atoms with Crippen LogP contribution in [0.3, 0.4) is 0 Å². The Morgan fingerprint density at radius 3 is 2.60 bits per heavy atom. The highest BCUT2D eigenvalue weighted by molar-refractivity contribution is 5.82. The first-order valence-corrected chi connectivity index (χ1v) is 10.4. The smallest absolute Gasteiger partial charge is 0.240 e. The number of benzene rings is 2. The molecular weight excluding hydrogens is 381 g/mol. The van der Waals surface area contributed by atoms with Crippen LogP contribution in [0.2, 0.25) is 0 Å². The highest BCUT2D eigenvalue weighted by Crippen LogP contribution is 2.35. The third-order valence-electron chi connectivity index (χ3n) is 6.38. The van der Waals surface area contributed by atoms with Gasteiger partial charge in [0, 0.05) is 25.2 Å². The molecule has 0 bridgehead atoms. The van der Waals surface area contributed by atoms with E-state index in [1.165, 1.54) is 17.2 Å². The molecule has 2 aromatic carbocycles. The van der Waals surface area contributed by atoms with Crippen molar-refractivity contribution in [2.75, 3.05) is 19.8 Å². The maximum atomic E-state index is 14.6. The molecule has 4 rings (SSSR count). The van der Waals surface area contributed by atoms with E-state index in [-0.39, 0.29) is 18.3 Å². The minimum Gasteiger partial charge on any atom is -0.381 e. The maximum Gasteiger partial charge on any atom is 0.240 e. The fraction of sp³-hybridized carbons (Fsp3) is 0.417. The number of hydrogen-bond donors (Lipinski definition) is 1. The van der Waals surface area contributed by atoms with E-state index in [1.54, 1.807) is 6.07 Å². The Morgan fingerprint density at radius 2 is 1.87 bits per heavy atom. The molecule has 0 saturated carbocycles. The third kappa shape index (κ3) is 3.84. The van der Waals surface area contributed by atoms with Crippen LogP contribution in [0.4, 0.5) is 4.39 Å². The lowest BCUT2D eigenvalue weighted by atomic mass is 9.74. The average molecular weight is 410 g/mol. The summed E-state index contributed by atoms with van der Waals surface area (Å²) in [5, 5.41) is 3.07. The molecule has 1 amide bonds. The van der Waals surface area contributed by atoms with Crippen LogP contribution in [-0.4, -0.2) is 35.2 Å². The van der Waals surface area contributed by atoms with E-state index in [4.69, 9.17) is 4.74 Å². The molecule has 30 heavy (non-hydrogen) atoms. The van der Waals surface area contributed by atoms with E-state index >= 15 is 0 Å². The monoisotopic (exact) mass is 409 g/mol. The zero-order valence-electron chi connectivity index (χ0n) is 17.8. The van der Waals surface area contributed by atoms with Gasteiger partial charge in [-0.25, -0.2) is 9.37 Å². The number of hydrogen-bond acceptors (Lipinski definition) is 3. The van der Waals surface area contributed by atoms with Gasteiger partial charge in [0.2, 0.25) is 5.91 Å². The molecule has 2 heterocycles. The number of nitrogens with one attached hydrogen (secondary N) is 1. The molecule has 158 valence electrons. The lowest BCUT2D eigenvalue weighted by Crippen LogP contribution is -2.45. The van der Waals surface area contributed by atoms with Crippen LogP contribution in [0.25, 0.3) is 11.0 Å². The summed E-state index contributed by atoms with van der Waals surface area (Å²) in [6.07, 6.45) is 1.36. The van der Waals surface area contributed by atoms with Crippen molar-refractivity contribution in [1.82, 2.24) is 14.9 Å². The summed E-state index contributed by atoms with van der Waals surface area (Å²) in [5.74, 6) is 0.480. The van der Waals surface area contributed by atoms with E-state index < -0.39 is 5.41 Å². The normalized spacial score (nSPS) is 16.0. The Balaban J connectivity index is 1.54. The summed E-state index contributed by atoms with van der Waals surface area (Å²) >= 11 is 0. The topological polar surface area (TPSA) is 56.2 Å². The molecule has 5 nitrogen and oxygen atoms in total. The largest absolute Gasteiger partial charge is 0.381 e. The number of nitrogens with zero attached hydrogens (tertiary/aromatic N) is 2. The summed E-state index contributed by atoms with van der Waals surface area (Å²) < 4.78 is 22.0. The van der Waals surface area contributed by atoms with E-state index in [0.29, 0.717) is 38.2 Å². The molecule has 0 unspecified atom stereocenters. The van der Waals surface area contributed by atoms with Gasteiger partial charge >= 0.3 is 0 Å². The summed E-state index contributed by atoms with van der Waals surface area (Å²) in [6.45, 7) is 7.74. The number of amides is 1. The molecule has 0 atom stereocenters. The van der Waals surface area contributed by atoms with Gasteiger partial charge in [-0.2, -0.15) is 0 Å². The first-order chi connectivity index (χ1) is 14.4. The molecule has 1 N–H and O–H groups in total. The van der Waals surface area contributed by atoms with Crippen molar-refractivity contribution in [1.29, 1.82) is 0 Å². The van der Waals surface area contributed by atoms with Crippen LogP contribution >= 0.6 is 0 Å². The highest BCUT2D eigenvalue weighted by Gasteiger charge is 2.36. The van der Waals surface area contributed by atoms with Crippen LogP contribution in [0.5, 0.6) is 0 Å². The maximum absolute atomic E-state index is 14.6. The zero-order valence-corrected chi connectivity index (χ0v) is 17.8. The Labute approximate surface area is 176 Å². The van der Waals surface area contributed by atoms with Crippen LogP contribution in [0.15, 0.2) is 36.4 Å². The van der Waals surface area contributed by atoms with Crippen molar-refractivity contribution in [3.8, 4) is 0 Å². The van der Waals surface area contributed by atoms with E-state index in [9.17, 15) is 9.18 Å². The van der Waals surface area contributed by atoms with Gasteiger partial charge < -0.3 is 14.6 Å². The van der Waals surface area contributed by atoms with Crippen molar-refractivity contribution in [2.45, 2.75) is 45.6 Å². The van der Waals surface area contributed by atoms with E-state index in [2.05, 4.69) is 36.3 Å². The molecule has 6 heteroatoms. The van der Waals surface area contributed by atoms with Crippen molar-refractivity contribution < 1.29 is 13.9 Å². The molecule has 1 aromatic heterocycles. The van der Waals surface area contributed by atoms with E-state index in [0.717, 1.165) is 16.9 Å². The number of carbonyl (C=O) groups excluding carboxylic acids is 1. The average Bonchev–Trinajstić information content (AvgIpc) is 3.02. The Bertz CT molecular complexity index is 1080. The quantitative estimate of drug-likeness (QED) is 0.694. The minimum absolute atomic E-state index is 0.0992. The van der Waals surface area contributed by atoms with Gasteiger partial charge in [0.25, 0.3) is 0 Å². The van der Waals surface area contributed by atoms with Crippen LogP contribution < -0.4 is 5.32 Å². The standard InChI is InChI=1S/C24H28FN3O2/c1-16-12-21-22(13-17(16)2)28(18(3)27-21)14-23(29)26-15-24(8-10-30-11-9-24)19-6-4-5-7-20(19)25/h4-7,12-13H,8-11,14-15H2,1-3H3,(H,26,29). The summed E-state index contributed by atoms with van der Waals surface area (Å²) in [7, 11) is 0. The van der Waals surface area contributed by atoms with Crippen molar-refractivity contribution in [3.05, 3.63) is 64.7 Å². The van der Waals surface area contributed by atoms with Crippen LogP contribution in [-0.2, 0) is 21.5 Å². The number of ether oxygens (including phenoxy) is 1. The third-order valence-corrected chi connectivity index (χ3v) is 6.38. The van der Waals surface area contributed by atoms with Gasteiger partial charge in [0.1, 0.15) is 18.2 Å².